The number of hydrogen-bond acceptors (Lipinski definition) is 5. The first-order valence-corrected chi connectivity index (χ1v) is 10.7. The third kappa shape index (κ3) is 4.70. The highest BCUT2D eigenvalue weighted by molar-refractivity contribution is 6.00. The Bertz CT molecular complexity index is 950. The number of nitrogens with one attached hydrogen (secondary N) is 1. The number of methoxy groups -OCH3 is 3. The SMILES string of the molecule is COC(=O)c1c(C)[nH]c(C(=O)N2CCCCC2CCc2ccc(OC)c(OC)c2)c1C. The van der Waals surface area contributed by atoms with Gasteiger partial charge in [0.05, 0.1) is 26.9 Å². The van der Waals surface area contributed by atoms with Crippen molar-refractivity contribution in [2.75, 3.05) is 27.9 Å². The Morgan fingerprint density at radius 3 is 2.52 bits per heavy atom. The van der Waals surface area contributed by atoms with Gasteiger partial charge < -0.3 is 24.1 Å². The van der Waals surface area contributed by atoms with Crippen molar-refractivity contribution in [3.05, 3.63) is 46.3 Å². The molecule has 2 aromatic rings. The number of aryl methyl sites for hydroxylation is 2. The minimum absolute atomic E-state index is 0.0484. The molecule has 1 aliphatic heterocycles. The van der Waals surface area contributed by atoms with Crippen molar-refractivity contribution in [1.82, 2.24) is 9.88 Å². The summed E-state index contributed by atoms with van der Waals surface area (Å²) in [6.07, 6.45) is 4.77. The Morgan fingerprint density at radius 1 is 1.10 bits per heavy atom. The van der Waals surface area contributed by atoms with E-state index in [2.05, 4.69) is 4.98 Å². The zero-order chi connectivity index (χ0) is 22.5. The summed E-state index contributed by atoms with van der Waals surface area (Å²) in [6.45, 7) is 4.31. The van der Waals surface area contributed by atoms with Crippen LogP contribution < -0.4 is 9.47 Å². The van der Waals surface area contributed by atoms with Gasteiger partial charge in [-0.1, -0.05) is 6.07 Å². The monoisotopic (exact) mass is 428 g/mol. The van der Waals surface area contributed by atoms with Crippen molar-refractivity contribution in [3.63, 3.8) is 0 Å². The molecule has 1 saturated heterocycles. The molecule has 1 aliphatic rings. The fourth-order valence-corrected chi connectivity index (χ4v) is 4.45. The third-order valence-electron chi connectivity index (χ3n) is 6.14. The molecular weight excluding hydrogens is 396 g/mol. The van der Waals surface area contributed by atoms with Gasteiger partial charge in [-0.05, 0) is 69.2 Å². The molecule has 1 amide bonds. The maximum absolute atomic E-state index is 13.4. The number of piperidine rings is 1. The van der Waals surface area contributed by atoms with E-state index in [1.807, 2.05) is 23.1 Å². The van der Waals surface area contributed by atoms with Crippen molar-refractivity contribution in [2.24, 2.45) is 0 Å². The summed E-state index contributed by atoms with van der Waals surface area (Å²) < 4.78 is 15.6. The van der Waals surface area contributed by atoms with E-state index in [9.17, 15) is 9.59 Å². The number of rotatable bonds is 7. The van der Waals surface area contributed by atoms with E-state index in [4.69, 9.17) is 14.2 Å². The molecule has 1 fully saturated rings. The number of carbonyl (C=O) groups excluding carboxylic acids is 2. The molecule has 0 aliphatic carbocycles. The summed E-state index contributed by atoms with van der Waals surface area (Å²) in [7, 11) is 4.61. The lowest BCUT2D eigenvalue weighted by atomic mass is 9.95. The second kappa shape index (κ2) is 9.90. The number of aromatic nitrogens is 1. The number of likely N-dealkylation sites (tertiary alicyclic amines) is 1. The number of hydrogen-bond donors (Lipinski definition) is 1. The van der Waals surface area contributed by atoms with Gasteiger partial charge in [0.2, 0.25) is 0 Å². The van der Waals surface area contributed by atoms with Crippen molar-refractivity contribution in [1.29, 1.82) is 0 Å². The van der Waals surface area contributed by atoms with E-state index in [1.165, 1.54) is 7.11 Å². The third-order valence-corrected chi connectivity index (χ3v) is 6.14. The predicted molar refractivity (Wildman–Crippen MR) is 118 cm³/mol. The lowest BCUT2D eigenvalue weighted by Gasteiger charge is -2.36. The zero-order valence-electron chi connectivity index (χ0n) is 19.0. The maximum atomic E-state index is 13.4. The van der Waals surface area contributed by atoms with E-state index in [0.717, 1.165) is 44.2 Å². The van der Waals surface area contributed by atoms with Crippen molar-refractivity contribution < 1.29 is 23.8 Å². The van der Waals surface area contributed by atoms with E-state index in [0.29, 0.717) is 34.0 Å². The van der Waals surface area contributed by atoms with Crippen LogP contribution in [0.5, 0.6) is 11.5 Å². The van der Waals surface area contributed by atoms with Gasteiger partial charge in [0.1, 0.15) is 5.69 Å². The highest BCUT2D eigenvalue weighted by Gasteiger charge is 2.31. The Labute approximate surface area is 183 Å². The van der Waals surface area contributed by atoms with Crippen molar-refractivity contribution >= 4 is 11.9 Å². The van der Waals surface area contributed by atoms with Crippen LogP contribution in [0.2, 0.25) is 0 Å². The van der Waals surface area contributed by atoms with Crippen LogP contribution in [0.3, 0.4) is 0 Å². The average Bonchev–Trinajstić information content (AvgIpc) is 3.10. The van der Waals surface area contributed by atoms with Gasteiger partial charge in [-0.3, -0.25) is 4.79 Å². The first kappa shape index (κ1) is 22.7. The number of carbonyl (C=O) groups is 2. The molecule has 2 heterocycles. The summed E-state index contributed by atoms with van der Waals surface area (Å²) in [5.74, 6) is 0.950. The van der Waals surface area contributed by atoms with Crippen LogP contribution in [-0.2, 0) is 11.2 Å². The predicted octanol–water partition coefficient (Wildman–Crippen LogP) is 4.06. The van der Waals surface area contributed by atoms with Crippen LogP contribution >= 0.6 is 0 Å². The van der Waals surface area contributed by atoms with Crippen LogP contribution in [-0.4, -0.2) is 55.7 Å². The Kier molecular flexibility index (Phi) is 7.25. The van der Waals surface area contributed by atoms with Gasteiger partial charge in [0.25, 0.3) is 5.91 Å². The fraction of sp³-hybridized carbons (Fsp3) is 0.500. The summed E-state index contributed by atoms with van der Waals surface area (Å²) >= 11 is 0. The van der Waals surface area contributed by atoms with Gasteiger partial charge in [-0.25, -0.2) is 4.79 Å². The molecule has 1 unspecified atom stereocenters. The van der Waals surface area contributed by atoms with Gasteiger partial charge >= 0.3 is 5.97 Å². The molecule has 168 valence electrons. The Hall–Kier alpha value is -2.96. The van der Waals surface area contributed by atoms with Crippen LogP contribution in [0.4, 0.5) is 0 Å². The van der Waals surface area contributed by atoms with Crippen LogP contribution in [0, 0.1) is 13.8 Å². The first-order chi connectivity index (χ1) is 14.9. The van der Waals surface area contributed by atoms with E-state index in [1.54, 1.807) is 28.1 Å². The summed E-state index contributed by atoms with van der Waals surface area (Å²) in [4.78, 5) is 30.6. The summed E-state index contributed by atoms with van der Waals surface area (Å²) in [5.41, 5.74) is 3.39. The second-order valence-electron chi connectivity index (χ2n) is 7.99. The Morgan fingerprint density at radius 2 is 1.84 bits per heavy atom. The van der Waals surface area contributed by atoms with Gasteiger partial charge in [-0.15, -0.1) is 0 Å². The number of nitrogens with zero attached hydrogens (tertiary/aromatic N) is 1. The zero-order valence-corrected chi connectivity index (χ0v) is 19.0. The Balaban J connectivity index is 1.77. The lowest BCUT2D eigenvalue weighted by Crippen LogP contribution is -2.44. The minimum atomic E-state index is -0.422. The molecule has 0 bridgehead atoms. The van der Waals surface area contributed by atoms with Gasteiger partial charge in [0.15, 0.2) is 11.5 Å². The van der Waals surface area contributed by atoms with Gasteiger partial charge in [0, 0.05) is 18.3 Å². The summed E-state index contributed by atoms with van der Waals surface area (Å²) in [6, 6.07) is 6.10. The van der Waals surface area contributed by atoms with Gasteiger partial charge in [-0.2, -0.15) is 0 Å². The largest absolute Gasteiger partial charge is 0.493 e. The second-order valence-corrected chi connectivity index (χ2v) is 7.99. The average molecular weight is 429 g/mol. The topological polar surface area (TPSA) is 80.9 Å². The highest BCUT2D eigenvalue weighted by atomic mass is 16.5. The minimum Gasteiger partial charge on any atom is -0.493 e. The van der Waals surface area contributed by atoms with E-state index >= 15 is 0 Å². The number of aromatic amines is 1. The summed E-state index contributed by atoms with van der Waals surface area (Å²) in [5, 5.41) is 0. The molecule has 1 aromatic carbocycles. The normalized spacial score (nSPS) is 16.2. The number of esters is 1. The number of benzene rings is 1. The number of ether oxygens (including phenoxy) is 3. The molecule has 1 aromatic heterocycles. The smallest absolute Gasteiger partial charge is 0.339 e. The number of H-pyrrole nitrogens is 1. The van der Waals surface area contributed by atoms with Crippen molar-refractivity contribution in [2.45, 2.75) is 52.0 Å². The molecule has 0 radical (unpaired) electrons. The fourth-order valence-electron chi connectivity index (χ4n) is 4.45. The molecule has 7 heteroatoms. The molecule has 3 rings (SSSR count). The molecule has 1 N–H and O–H groups in total. The lowest BCUT2D eigenvalue weighted by molar-refractivity contribution is 0.0594. The first-order valence-electron chi connectivity index (χ1n) is 10.7. The molecule has 31 heavy (non-hydrogen) atoms. The quantitative estimate of drug-likeness (QED) is 0.673. The standard InChI is InChI=1S/C24H32N2O5/c1-15-21(24(28)31-5)16(2)25-22(15)23(27)26-13-7-6-8-18(26)11-9-17-10-12-19(29-3)20(14-17)30-4/h10,12,14,18,25H,6-9,11,13H2,1-5H3. The maximum Gasteiger partial charge on any atom is 0.339 e. The van der Waals surface area contributed by atoms with E-state index < -0.39 is 5.97 Å². The van der Waals surface area contributed by atoms with Crippen LogP contribution in [0.1, 0.15) is 63.4 Å². The molecule has 7 nitrogen and oxygen atoms in total. The molecule has 0 spiro atoms. The van der Waals surface area contributed by atoms with Crippen LogP contribution in [0.15, 0.2) is 18.2 Å². The molecule has 1 atom stereocenters. The molecular formula is C24H32N2O5. The number of amides is 1. The van der Waals surface area contributed by atoms with Crippen molar-refractivity contribution in [3.8, 4) is 11.5 Å². The van der Waals surface area contributed by atoms with E-state index in [-0.39, 0.29) is 11.9 Å². The molecule has 0 saturated carbocycles. The highest BCUT2D eigenvalue weighted by Crippen LogP contribution is 2.30. The van der Waals surface area contributed by atoms with Crippen LogP contribution in [0.25, 0.3) is 0 Å².